The minimum absolute atomic E-state index is 0.0463. The van der Waals surface area contributed by atoms with Crippen LogP contribution in [0.2, 0.25) is 0 Å². The third-order valence-electron chi connectivity index (χ3n) is 7.75. The van der Waals surface area contributed by atoms with E-state index >= 15 is 0 Å². The predicted molar refractivity (Wildman–Crippen MR) is 174 cm³/mol. The van der Waals surface area contributed by atoms with E-state index in [1.165, 1.54) is 23.1 Å². The third-order valence-corrected chi connectivity index (χ3v) is 9.56. The molecule has 4 aromatic carbocycles. The molecule has 1 fully saturated rings. The number of para-hydroxylation sites is 1. The van der Waals surface area contributed by atoms with Crippen LogP contribution in [0.25, 0.3) is 6.08 Å². The molecule has 0 aromatic heterocycles. The van der Waals surface area contributed by atoms with Gasteiger partial charge < -0.3 is 8.92 Å². The summed E-state index contributed by atoms with van der Waals surface area (Å²) in [6.45, 7) is 9.30. The van der Waals surface area contributed by atoms with Crippen LogP contribution in [-0.2, 0) is 19.7 Å². The molecule has 8 nitrogen and oxygen atoms in total. The van der Waals surface area contributed by atoms with Gasteiger partial charge in [-0.15, -0.1) is 0 Å². The number of carbonyl (C=O) groups excluding carboxylic acids is 2. The Morgan fingerprint density at radius 1 is 0.705 bits per heavy atom. The molecule has 0 saturated carbocycles. The SMILES string of the molecule is Cc1c(C)c(C)c(S(=O)(=O)Oc2ccc(/C=C3\C(=O)NC(=S)N(c4ccc(Oc5ccccc5)cc4)C3=O)cc2)c(C)c1C. The van der Waals surface area contributed by atoms with Crippen LogP contribution >= 0.6 is 12.2 Å². The number of anilines is 1. The summed E-state index contributed by atoms with van der Waals surface area (Å²) >= 11 is 5.31. The molecule has 0 unspecified atom stereocenters. The average Bonchev–Trinajstić information content (AvgIpc) is 2.99. The molecule has 1 N–H and O–H groups in total. The Bertz CT molecular complexity index is 1900. The number of nitrogens with one attached hydrogen (secondary N) is 1. The van der Waals surface area contributed by atoms with Crippen molar-refractivity contribution in [2.45, 2.75) is 39.5 Å². The molecule has 4 aromatic rings. The second kappa shape index (κ2) is 12.1. The van der Waals surface area contributed by atoms with Gasteiger partial charge in [0.25, 0.3) is 11.8 Å². The van der Waals surface area contributed by atoms with Crippen molar-refractivity contribution < 1.29 is 26.9 Å². The fourth-order valence-electron chi connectivity index (χ4n) is 4.98. The first-order valence-corrected chi connectivity index (χ1v) is 15.5. The maximum atomic E-state index is 13.5. The minimum atomic E-state index is -4.12. The smallest absolute Gasteiger partial charge is 0.339 e. The van der Waals surface area contributed by atoms with Gasteiger partial charge in [0, 0.05) is 0 Å². The van der Waals surface area contributed by atoms with E-state index in [0.717, 1.165) is 16.7 Å². The van der Waals surface area contributed by atoms with Gasteiger partial charge in [0.15, 0.2) is 5.11 Å². The number of thiocarbonyl (C=S) groups is 1. The lowest BCUT2D eigenvalue weighted by molar-refractivity contribution is -0.122. The van der Waals surface area contributed by atoms with Gasteiger partial charge in [-0.05, 0) is 135 Å². The highest BCUT2D eigenvalue weighted by Gasteiger charge is 2.34. The van der Waals surface area contributed by atoms with E-state index in [0.29, 0.717) is 33.9 Å². The van der Waals surface area contributed by atoms with E-state index in [1.54, 1.807) is 50.2 Å². The fraction of sp³-hybridized carbons (Fsp3) is 0.147. The molecule has 10 heteroatoms. The molecule has 0 aliphatic carbocycles. The average molecular weight is 627 g/mol. The largest absolute Gasteiger partial charge is 0.457 e. The molecule has 1 aliphatic heterocycles. The van der Waals surface area contributed by atoms with Crippen LogP contribution in [0.5, 0.6) is 17.2 Å². The zero-order valence-electron chi connectivity index (χ0n) is 24.8. The number of nitrogens with zero attached hydrogens (tertiary/aromatic N) is 1. The summed E-state index contributed by atoms with van der Waals surface area (Å²) in [6, 6.07) is 22.1. The molecule has 44 heavy (non-hydrogen) atoms. The van der Waals surface area contributed by atoms with Crippen LogP contribution in [0.3, 0.4) is 0 Å². The summed E-state index contributed by atoms with van der Waals surface area (Å²) in [4.78, 5) is 27.6. The van der Waals surface area contributed by atoms with Crippen LogP contribution in [0.1, 0.15) is 33.4 Å². The second-order valence-electron chi connectivity index (χ2n) is 10.4. The Morgan fingerprint density at radius 3 is 1.82 bits per heavy atom. The number of amides is 2. The topological polar surface area (TPSA) is 102 Å². The Balaban J connectivity index is 1.36. The molecule has 1 aliphatic rings. The first-order valence-electron chi connectivity index (χ1n) is 13.7. The number of rotatable bonds is 7. The van der Waals surface area contributed by atoms with Crippen molar-refractivity contribution in [3.63, 3.8) is 0 Å². The van der Waals surface area contributed by atoms with Crippen molar-refractivity contribution in [3.8, 4) is 17.2 Å². The summed E-state index contributed by atoms with van der Waals surface area (Å²) in [7, 11) is -4.12. The first-order chi connectivity index (χ1) is 20.9. The number of hydrogen-bond acceptors (Lipinski definition) is 7. The minimum Gasteiger partial charge on any atom is -0.457 e. The van der Waals surface area contributed by atoms with Gasteiger partial charge in [-0.1, -0.05) is 30.3 Å². The number of hydrogen-bond donors (Lipinski definition) is 1. The highest BCUT2D eigenvalue weighted by molar-refractivity contribution is 7.87. The summed E-state index contributed by atoms with van der Waals surface area (Å²) in [5.74, 6) is 0.0925. The van der Waals surface area contributed by atoms with E-state index in [9.17, 15) is 18.0 Å². The Morgan fingerprint density at radius 2 is 1.23 bits per heavy atom. The molecule has 0 bridgehead atoms. The Hall–Kier alpha value is -4.80. The molecule has 0 atom stereocenters. The lowest BCUT2D eigenvalue weighted by Gasteiger charge is -2.29. The number of carbonyl (C=O) groups is 2. The third kappa shape index (κ3) is 5.99. The molecule has 2 amide bonds. The fourth-order valence-corrected chi connectivity index (χ4v) is 6.76. The van der Waals surface area contributed by atoms with Crippen LogP contribution in [0.4, 0.5) is 5.69 Å². The lowest BCUT2D eigenvalue weighted by atomic mass is 9.95. The van der Waals surface area contributed by atoms with Crippen LogP contribution in [-0.4, -0.2) is 25.3 Å². The van der Waals surface area contributed by atoms with Gasteiger partial charge in [0.05, 0.1) is 5.69 Å². The van der Waals surface area contributed by atoms with Crippen molar-refractivity contribution in [2.24, 2.45) is 0 Å². The molecule has 0 spiro atoms. The quantitative estimate of drug-likeness (QED) is 0.106. The standard InChI is InChI=1S/C34H30N2O6S2/c1-20-21(2)23(4)31(24(5)22(20)3)44(39,40)42-29-15-11-25(12-16-29)19-30-32(37)35-34(43)36(33(30)38)26-13-17-28(18-14-26)41-27-9-7-6-8-10-27/h6-19H,1-5H3,(H,35,37,43)/b30-19+. The Labute approximate surface area is 262 Å². The molecule has 1 saturated heterocycles. The molecular formula is C34H30N2O6S2. The van der Waals surface area contributed by atoms with Crippen molar-refractivity contribution in [3.05, 3.63) is 118 Å². The summed E-state index contributed by atoms with van der Waals surface area (Å²) in [5, 5.41) is 2.51. The zero-order valence-corrected chi connectivity index (χ0v) is 26.4. The van der Waals surface area contributed by atoms with Crippen LogP contribution in [0.15, 0.2) is 89.3 Å². The number of ether oxygens (including phenoxy) is 1. The van der Waals surface area contributed by atoms with Gasteiger partial charge in [-0.2, -0.15) is 8.42 Å². The van der Waals surface area contributed by atoms with E-state index in [4.69, 9.17) is 21.1 Å². The van der Waals surface area contributed by atoms with Crippen molar-refractivity contribution in [1.29, 1.82) is 0 Å². The lowest BCUT2D eigenvalue weighted by Crippen LogP contribution is -2.54. The first kappa shape index (κ1) is 30.7. The van der Waals surface area contributed by atoms with Crippen molar-refractivity contribution in [1.82, 2.24) is 5.32 Å². The summed E-state index contributed by atoms with van der Waals surface area (Å²) in [5.41, 5.74) is 4.95. The molecule has 1 heterocycles. The maximum Gasteiger partial charge on any atom is 0.339 e. The van der Waals surface area contributed by atoms with Crippen molar-refractivity contribution in [2.75, 3.05) is 4.90 Å². The van der Waals surface area contributed by atoms with E-state index in [1.807, 2.05) is 51.1 Å². The number of benzene rings is 4. The molecule has 0 radical (unpaired) electrons. The highest BCUT2D eigenvalue weighted by atomic mass is 32.2. The zero-order chi connectivity index (χ0) is 31.8. The van der Waals surface area contributed by atoms with Crippen LogP contribution < -0.4 is 19.1 Å². The maximum absolute atomic E-state index is 13.5. The van der Waals surface area contributed by atoms with E-state index in [-0.39, 0.29) is 21.3 Å². The molecule has 5 rings (SSSR count). The normalized spacial score (nSPS) is 14.5. The summed E-state index contributed by atoms with van der Waals surface area (Å²) in [6.07, 6.45) is 1.42. The second-order valence-corrected chi connectivity index (χ2v) is 12.3. The van der Waals surface area contributed by atoms with Crippen molar-refractivity contribution >= 4 is 51.0 Å². The van der Waals surface area contributed by atoms with Gasteiger partial charge >= 0.3 is 10.1 Å². The molecular weight excluding hydrogens is 597 g/mol. The van der Waals surface area contributed by atoms with Gasteiger partial charge in [-0.3, -0.25) is 19.8 Å². The van der Waals surface area contributed by atoms with E-state index in [2.05, 4.69) is 5.32 Å². The van der Waals surface area contributed by atoms with E-state index < -0.39 is 21.9 Å². The Kier molecular flexibility index (Phi) is 8.40. The van der Waals surface area contributed by atoms with Gasteiger partial charge in [0.1, 0.15) is 27.7 Å². The van der Waals surface area contributed by atoms with Gasteiger partial charge in [0.2, 0.25) is 0 Å². The van der Waals surface area contributed by atoms with Crippen LogP contribution in [0, 0.1) is 34.6 Å². The predicted octanol–water partition coefficient (Wildman–Crippen LogP) is 6.62. The summed E-state index contributed by atoms with van der Waals surface area (Å²) < 4.78 is 37.9. The molecule has 224 valence electrons. The van der Waals surface area contributed by atoms with Gasteiger partial charge in [-0.25, -0.2) is 0 Å². The monoisotopic (exact) mass is 626 g/mol. The highest BCUT2D eigenvalue weighted by Crippen LogP contribution is 2.32.